The van der Waals surface area contributed by atoms with Crippen LogP contribution in [0.2, 0.25) is 0 Å². The minimum Gasteiger partial charge on any atom is -0.172 e. The summed E-state index contributed by atoms with van der Waals surface area (Å²) in [5.74, 6) is 0. The normalized spacial score (nSPS) is 38.2. The summed E-state index contributed by atoms with van der Waals surface area (Å²) < 4.78 is 0.241. The quantitative estimate of drug-likeness (QED) is 0.340. The molecule has 2 rings (SSSR count). The second kappa shape index (κ2) is 6.07. The molecule has 20 heavy (non-hydrogen) atoms. The van der Waals surface area contributed by atoms with Crippen LogP contribution in [0.1, 0.15) is 91.4 Å². The van der Waals surface area contributed by atoms with E-state index in [0.29, 0.717) is 10.8 Å². The molecule has 2 atom stereocenters. The standard InChI is InChI=1S/C19H34S/c1-16(2)18(4)12-9-13-19(20,15-18)14-17(3)10-7-5-6-8-11-17/h20H,1,5-15H2,2-4H3. The van der Waals surface area contributed by atoms with Crippen LogP contribution in [0.5, 0.6) is 0 Å². The van der Waals surface area contributed by atoms with Gasteiger partial charge in [-0.15, -0.1) is 0 Å². The van der Waals surface area contributed by atoms with Crippen LogP contribution in [0.3, 0.4) is 0 Å². The number of hydrogen-bond donors (Lipinski definition) is 1. The molecule has 0 aromatic heterocycles. The summed E-state index contributed by atoms with van der Waals surface area (Å²) in [5.41, 5.74) is 2.22. The van der Waals surface area contributed by atoms with Crippen LogP contribution in [0, 0.1) is 10.8 Å². The van der Waals surface area contributed by atoms with E-state index in [1.54, 1.807) is 0 Å². The summed E-state index contributed by atoms with van der Waals surface area (Å²) in [6.45, 7) is 11.4. The lowest BCUT2D eigenvalue weighted by Crippen LogP contribution is -2.40. The molecule has 2 fully saturated rings. The van der Waals surface area contributed by atoms with Crippen molar-refractivity contribution in [1.29, 1.82) is 0 Å². The van der Waals surface area contributed by atoms with Gasteiger partial charge in [0.25, 0.3) is 0 Å². The van der Waals surface area contributed by atoms with Crippen molar-refractivity contribution in [3.05, 3.63) is 12.2 Å². The Morgan fingerprint density at radius 1 is 0.950 bits per heavy atom. The van der Waals surface area contributed by atoms with Crippen molar-refractivity contribution < 1.29 is 0 Å². The Labute approximate surface area is 132 Å². The molecule has 0 aromatic rings. The maximum Gasteiger partial charge on any atom is 0.0143 e. The molecule has 2 aliphatic carbocycles. The van der Waals surface area contributed by atoms with Gasteiger partial charge in [0, 0.05) is 4.75 Å². The number of thiol groups is 1. The van der Waals surface area contributed by atoms with Crippen molar-refractivity contribution in [2.75, 3.05) is 0 Å². The summed E-state index contributed by atoms with van der Waals surface area (Å²) >= 11 is 5.22. The topological polar surface area (TPSA) is 0 Å². The fraction of sp³-hybridized carbons (Fsp3) is 0.895. The van der Waals surface area contributed by atoms with Crippen molar-refractivity contribution in [3.8, 4) is 0 Å². The Bertz CT molecular complexity index is 351. The largest absolute Gasteiger partial charge is 0.172 e. The van der Waals surface area contributed by atoms with Gasteiger partial charge in [-0.25, -0.2) is 0 Å². The molecule has 0 heterocycles. The Kier molecular flexibility index (Phi) is 4.99. The van der Waals surface area contributed by atoms with Gasteiger partial charge in [-0.2, -0.15) is 12.6 Å². The maximum atomic E-state index is 5.22. The lowest BCUT2D eigenvalue weighted by Gasteiger charge is -2.48. The molecular formula is C19H34S. The van der Waals surface area contributed by atoms with Gasteiger partial charge in [0.05, 0.1) is 0 Å². The average Bonchev–Trinajstić information content (AvgIpc) is 2.52. The van der Waals surface area contributed by atoms with Crippen LogP contribution in [0.15, 0.2) is 12.2 Å². The molecule has 0 N–H and O–H groups in total. The third-order valence-electron chi connectivity index (χ3n) is 6.19. The third kappa shape index (κ3) is 3.84. The lowest BCUT2D eigenvalue weighted by molar-refractivity contribution is 0.150. The van der Waals surface area contributed by atoms with Crippen molar-refractivity contribution >= 4 is 12.6 Å². The predicted molar refractivity (Wildman–Crippen MR) is 93.5 cm³/mol. The van der Waals surface area contributed by atoms with Crippen LogP contribution < -0.4 is 0 Å². The monoisotopic (exact) mass is 294 g/mol. The fourth-order valence-electron chi connectivity index (χ4n) is 4.78. The molecule has 0 amide bonds. The van der Waals surface area contributed by atoms with E-state index in [-0.39, 0.29) is 4.75 Å². The molecular weight excluding hydrogens is 260 g/mol. The fourth-order valence-corrected chi connectivity index (χ4v) is 5.67. The van der Waals surface area contributed by atoms with Crippen LogP contribution in [0.4, 0.5) is 0 Å². The molecule has 0 saturated heterocycles. The van der Waals surface area contributed by atoms with Crippen LogP contribution in [0.25, 0.3) is 0 Å². The van der Waals surface area contributed by atoms with E-state index < -0.39 is 0 Å². The number of hydrogen-bond acceptors (Lipinski definition) is 1. The molecule has 1 heteroatoms. The first-order valence-corrected chi connectivity index (χ1v) is 9.10. The van der Waals surface area contributed by atoms with Crippen molar-refractivity contribution in [2.24, 2.45) is 10.8 Å². The van der Waals surface area contributed by atoms with E-state index >= 15 is 0 Å². The molecule has 2 unspecified atom stereocenters. The summed E-state index contributed by atoms with van der Waals surface area (Å²) in [5, 5.41) is 0. The highest BCUT2D eigenvalue weighted by Gasteiger charge is 2.44. The minimum absolute atomic E-state index is 0.241. The zero-order valence-electron chi connectivity index (χ0n) is 13.9. The van der Waals surface area contributed by atoms with Crippen LogP contribution in [-0.4, -0.2) is 4.75 Å². The predicted octanol–water partition coefficient (Wildman–Crippen LogP) is 6.56. The van der Waals surface area contributed by atoms with Crippen molar-refractivity contribution in [3.63, 3.8) is 0 Å². The SMILES string of the molecule is C=C(C)C1(C)CCCC(S)(CC2(C)CCCCCC2)C1. The molecule has 0 aromatic carbocycles. The molecule has 2 saturated carbocycles. The van der Waals surface area contributed by atoms with Gasteiger partial charge in [0.15, 0.2) is 0 Å². The first-order valence-electron chi connectivity index (χ1n) is 8.66. The maximum absolute atomic E-state index is 5.22. The van der Waals surface area contributed by atoms with Gasteiger partial charge < -0.3 is 0 Å². The lowest BCUT2D eigenvalue weighted by atomic mass is 9.62. The van der Waals surface area contributed by atoms with E-state index in [2.05, 4.69) is 27.4 Å². The first kappa shape index (κ1) is 16.5. The highest BCUT2D eigenvalue weighted by atomic mass is 32.1. The number of rotatable bonds is 3. The van der Waals surface area contributed by atoms with Gasteiger partial charge in [-0.3, -0.25) is 0 Å². The van der Waals surface area contributed by atoms with Crippen molar-refractivity contribution in [2.45, 2.75) is 96.1 Å². The average molecular weight is 295 g/mol. The first-order chi connectivity index (χ1) is 9.27. The Morgan fingerprint density at radius 2 is 1.55 bits per heavy atom. The van der Waals surface area contributed by atoms with Crippen LogP contribution >= 0.6 is 12.6 Å². The molecule has 0 aliphatic heterocycles. The number of allylic oxidation sites excluding steroid dienone is 1. The third-order valence-corrected chi connectivity index (χ3v) is 6.73. The smallest absolute Gasteiger partial charge is 0.0143 e. The molecule has 0 radical (unpaired) electrons. The second-order valence-electron chi connectivity index (χ2n) is 8.50. The van der Waals surface area contributed by atoms with Crippen LogP contribution in [-0.2, 0) is 0 Å². The Balaban J connectivity index is 2.08. The highest BCUT2D eigenvalue weighted by Crippen LogP contribution is 2.54. The Morgan fingerprint density at radius 3 is 2.10 bits per heavy atom. The molecule has 2 aliphatic rings. The van der Waals surface area contributed by atoms with Gasteiger partial charge in [-0.1, -0.05) is 58.1 Å². The molecule has 0 spiro atoms. The zero-order chi connectivity index (χ0) is 14.9. The molecule has 116 valence electrons. The van der Waals surface area contributed by atoms with Gasteiger partial charge >= 0.3 is 0 Å². The zero-order valence-corrected chi connectivity index (χ0v) is 14.8. The summed E-state index contributed by atoms with van der Waals surface area (Å²) in [6, 6.07) is 0. The van der Waals surface area contributed by atoms with E-state index in [1.165, 1.54) is 76.2 Å². The van der Waals surface area contributed by atoms with E-state index in [1.807, 2.05) is 0 Å². The molecule has 0 nitrogen and oxygen atoms in total. The van der Waals surface area contributed by atoms with E-state index in [0.717, 1.165) is 0 Å². The summed E-state index contributed by atoms with van der Waals surface area (Å²) in [7, 11) is 0. The van der Waals surface area contributed by atoms with Gasteiger partial charge in [0.2, 0.25) is 0 Å². The summed E-state index contributed by atoms with van der Waals surface area (Å²) in [4.78, 5) is 0. The highest BCUT2D eigenvalue weighted by molar-refractivity contribution is 7.81. The van der Waals surface area contributed by atoms with Gasteiger partial charge in [0.1, 0.15) is 0 Å². The van der Waals surface area contributed by atoms with E-state index in [4.69, 9.17) is 12.6 Å². The molecule has 0 bridgehead atoms. The van der Waals surface area contributed by atoms with E-state index in [9.17, 15) is 0 Å². The minimum atomic E-state index is 0.241. The summed E-state index contributed by atoms with van der Waals surface area (Å²) in [6.07, 6.45) is 15.0. The van der Waals surface area contributed by atoms with Gasteiger partial charge in [-0.05, 0) is 56.3 Å². The second-order valence-corrected chi connectivity index (χ2v) is 9.45. The van der Waals surface area contributed by atoms with Crippen molar-refractivity contribution in [1.82, 2.24) is 0 Å². The Hall–Kier alpha value is 0.0900.